The summed E-state index contributed by atoms with van der Waals surface area (Å²) in [6.45, 7) is 6.34. The first kappa shape index (κ1) is 19.9. The van der Waals surface area contributed by atoms with Crippen molar-refractivity contribution >= 4 is 22.2 Å². The van der Waals surface area contributed by atoms with Gasteiger partial charge in [0.2, 0.25) is 0 Å². The third-order valence-electron chi connectivity index (χ3n) is 5.80. The summed E-state index contributed by atoms with van der Waals surface area (Å²) in [5.74, 6) is -0.182. The second-order valence-corrected chi connectivity index (χ2v) is 8.89. The van der Waals surface area contributed by atoms with E-state index in [4.69, 9.17) is 4.42 Å². The fraction of sp³-hybridized carbons (Fsp3) is 0.348. The second kappa shape index (κ2) is 8.51. The molecular weight excluding hydrogens is 387 g/mol. The van der Waals surface area contributed by atoms with Crippen LogP contribution in [0.2, 0.25) is 0 Å². The van der Waals surface area contributed by atoms with E-state index in [1.807, 2.05) is 12.1 Å². The number of piperidine rings is 1. The zero-order valence-electron chi connectivity index (χ0n) is 16.8. The quantitative estimate of drug-likeness (QED) is 0.647. The van der Waals surface area contributed by atoms with Crippen LogP contribution in [0.3, 0.4) is 0 Å². The molecule has 4 rings (SSSR count). The molecule has 4 nitrogen and oxygen atoms in total. The van der Waals surface area contributed by atoms with Crippen molar-refractivity contribution in [3.05, 3.63) is 75.8 Å². The zero-order valence-corrected chi connectivity index (χ0v) is 17.6. The lowest BCUT2D eigenvalue weighted by molar-refractivity contribution is -0.930. The van der Waals surface area contributed by atoms with Gasteiger partial charge in [-0.3, -0.25) is 4.79 Å². The number of carbonyl (C=O) groups is 1. The molecule has 1 fully saturated rings. The summed E-state index contributed by atoms with van der Waals surface area (Å²) in [6.07, 6.45) is 5.12. The molecule has 1 amide bonds. The number of hydrogen-bond donors (Lipinski definition) is 2. The molecule has 0 radical (unpaired) electrons. The van der Waals surface area contributed by atoms with Crippen LogP contribution in [0.25, 0.3) is 0 Å². The Morgan fingerprint density at radius 2 is 1.86 bits per heavy atom. The van der Waals surface area contributed by atoms with E-state index in [0.29, 0.717) is 5.76 Å². The molecule has 152 valence electrons. The Hall–Kier alpha value is -2.44. The zero-order chi connectivity index (χ0) is 20.4. The van der Waals surface area contributed by atoms with Crippen LogP contribution in [-0.4, -0.2) is 19.0 Å². The Labute approximate surface area is 174 Å². The van der Waals surface area contributed by atoms with Crippen molar-refractivity contribution in [1.29, 1.82) is 0 Å². The smallest absolute Gasteiger partial charge is 0.291 e. The highest BCUT2D eigenvalue weighted by molar-refractivity contribution is 7.16. The average Bonchev–Trinajstić information content (AvgIpc) is 3.35. The van der Waals surface area contributed by atoms with E-state index in [2.05, 4.69) is 19.2 Å². The largest absolute Gasteiger partial charge is 0.459 e. The highest BCUT2D eigenvalue weighted by Crippen LogP contribution is 2.38. The number of benzene rings is 1. The lowest BCUT2D eigenvalue weighted by Crippen LogP contribution is -3.13. The number of likely N-dealkylation sites (tertiary alicyclic amines) is 1. The van der Waals surface area contributed by atoms with Gasteiger partial charge in [0.1, 0.15) is 16.9 Å². The van der Waals surface area contributed by atoms with Gasteiger partial charge in [-0.2, -0.15) is 0 Å². The fourth-order valence-electron chi connectivity index (χ4n) is 4.21. The molecule has 2 N–H and O–H groups in total. The van der Waals surface area contributed by atoms with Crippen LogP contribution in [0.4, 0.5) is 9.39 Å². The highest BCUT2D eigenvalue weighted by atomic mass is 32.1. The number of carbonyl (C=O) groups excluding carboxylic acids is 1. The van der Waals surface area contributed by atoms with Crippen LogP contribution in [0.1, 0.15) is 57.4 Å². The van der Waals surface area contributed by atoms with E-state index >= 15 is 0 Å². The van der Waals surface area contributed by atoms with Gasteiger partial charge in [-0.25, -0.2) is 4.39 Å². The van der Waals surface area contributed by atoms with E-state index in [1.54, 1.807) is 23.5 Å². The maximum absolute atomic E-state index is 13.6. The van der Waals surface area contributed by atoms with Gasteiger partial charge in [-0.15, -0.1) is 11.3 Å². The maximum atomic E-state index is 13.6. The van der Waals surface area contributed by atoms with Gasteiger partial charge in [0, 0.05) is 10.4 Å². The van der Waals surface area contributed by atoms with Crippen LogP contribution in [-0.2, 0) is 0 Å². The third kappa shape index (κ3) is 4.14. The van der Waals surface area contributed by atoms with E-state index < -0.39 is 0 Å². The van der Waals surface area contributed by atoms with Gasteiger partial charge in [-0.1, -0.05) is 0 Å². The van der Waals surface area contributed by atoms with Crippen molar-refractivity contribution in [3.63, 3.8) is 0 Å². The normalized spacial score (nSPS) is 16.0. The Balaban J connectivity index is 1.77. The molecule has 1 aromatic carbocycles. The summed E-state index contributed by atoms with van der Waals surface area (Å²) >= 11 is 1.60. The van der Waals surface area contributed by atoms with E-state index in [-0.39, 0.29) is 17.8 Å². The maximum Gasteiger partial charge on any atom is 0.291 e. The standard InChI is InChI=1S/C23H25FN2O2S/c1-15-16(2)29-23(25-22(27)19-7-6-14-28-19)20(15)21(26-12-4-3-5-13-26)17-8-10-18(24)11-9-17/h6-11,14,21H,3-5,12-13H2,1-2H3,(H,25,27)/p+1/t21-/m0/s1. The molecule has 1 aliphatic rings. The molecule has 1 aliphatic heterocycles. The minimum Gasteiger partial charge on any atom is -0.459 e. The van der Waals surface area contributed by atoms with Crippen molar-refractivity contribution in [1.82, 2.24) is 0 Å². The van der Waals surface area contributed by atoms with E-state index in [0.717, 1.165) is 29.2 Å². The van der Waals surface area contributed by atoms with Crippen molar-refractivity contribution in [2.24, 2.45) is 0 Å². The number of amides is 1. The van der Waals surface area contributed by atoms with Crippen molar-refractivity contribution in [2.75, 3.05) is 18.4 Å². The monoisotopic (exact) mass is 413 g/mol. The Kier molecular flexibility index (Phi) is 5.83. The first-order valence-corrected chi connectivity index (χ1v) is 10.9. The molecule has 0 saturated carbocycles. The number of rotatable bonds is 5. The number of thiophene rings is 1. The summed E-state index contributed by atoms with van der Waals surface area (Å²) in [5.41, 5.74) is 3.41. The van der Waals surface area contributed by atoms with Gasteiger partial charge in [0.25, 0.3) is 5.91 Å². The Morgan fingerprint density at radius 3 is 2.52 bits per heavy atom. The van der Waals surface area contributed by atoms with Gasteiger partial charge in [0.15, 0.2) is 5.76 Å². The van der Waals surface area contributed by atoms with Gasteiger partial charge >= 0.3 is 0 Å². The van der Waals surface area contributed by atoms with Gasteiger partial charge in [0.05, 0.1) is 24.9 Å². The van der Waals surface area contributed by atoms with Crippen molar-refractivity contribution in [2.45, 2.75) is 39.2 Å². The number of furan rings is 1. The lowest BCUT2D eigenvalue weighted by atomic mass is 9.93. The number of halogens is 1. The van der Waals surface area contributed by atoms with Crippen LogP contribution in [0, 0.1) is 19.7 Å². The molecule has 3 aromatic rings. The van der Waals surface area contributed by atoms with Gasteiger partial charge in [-0.05, 0) is 75.1 Å². The summed E-state index contributed by atoms with van der Waals surface area (Å²) in [5, 5.41) is 3.93. The predicted molar refractivity (Wildman–Crippen MR) is 113 cm³/mol. The van der Waals surface area contributed by atoms with Crippen LogP contribution in [0.15, 0.2) is 47.1 Å². The number of anilines is 1. The minimum absolute atomic E-state index is 0.0627. The SMILES string of the molecule is Cc1sc(NC(=O)c2ccco2)c([C@H](c2ccc(F)cc2)[NH+]2CCCCC2)c1C. The number of hydrogen-bond acceptors (Lipinski definition) is 3. The average molecular weight is 414 g/mol. The molecule has 2 aromatic heterocycles. The number of aryl methyl sites for hydroxylation is 1. The fourth-order valence-corrected chi connectivity index (χ4v) is 5.31. The Bertz CT molecular complexity index is 973. The molecule has 6 heteroatoms. The third-order valence-corrected chi connectivity index (χ3v) is 6.94. The molecule has 0 unspecified atom stereocenters. The number of nitrogens with one attached hydrogen (secondary N) is 2. The van der Waals surface area contributed by atoms with Crippen LogP contribution in [0.5, 0.6) is 0 Å². The summed E-state index contributed by atoms with van der Waals surface area (Å²) in [7, 11) is 0. The molecule has 1 atom stereocenters. The molecular formula is C23H26FN2O2S+. The Morgan fingerprint density at radius 1 is 1.14 bits per heavy atom. The molecule has 29 heavy (non-hydrogen) atoms. The van der Waals surface area contributed by atoms with E-state index in [1.165, 1.54) is 53.0 Å². The number of quaternary nitrogens is 1. The summed E-state index contributed by atoms with van der Waals surface area (Å²) < 4.78 is 18.9. The summed E-state index contributed by atoms with van der Waals surface area (Å²) in [4.78, 5) is 15.3. The molecule has 3 heterocycles. The summed E-state index contributed by atoms with van der Waals surface area (Å²) in [6, 6.07) is 10.3. The molecule has 0 bridgehead atoms. The molecule has 1 saturated heterocycles. The first-order chi connectivity index (χ1) is 14.0. The van der Waals surface area contributed by atoms with Gasteiger partial charge < -0.3 is 14.6 Å². The first-order valence-electron chi connectivity index (χ1n) is 10.1. The second-order valence-electron chi connectivity index (χ2n) is 7.66. The molecule has 0 aliphatic carbocycles. The lowest BCUT2D eigenvalue weighted by Gasteiger charge is -2.32. The molecule has 0 spiro atoms. The van der Waals surface area contributed by atoms with E-state index in [9.17, 15) is 9.18 Å². The van der Waals surface area contributed by atoms with Crippen molar-refractivity contribution < 1.29 is 18.5 Å². The van der Waals surface area contributed by atoms with Crippen LogP contribution >= 0.6 is 11.3 Å². The minimum atomic E-state index is -0.246. The van der Waals surface area contributed by atoms with Crippen LogP contribution < -0.4 is 10.2 Å². The highest BCUT2D eigenvalue weighted by Gasteiger charge is 2.33. The predicted octanol–water partition coefficient (Wildman–Crippen LogP) is 4.51. The topological polar surface area (TPSA) is 46.7 Å². The van der Waals surface area contributed by atoms with Crippen molar-refractivity contribution in [3.8, 4) is 0 Å².